The third kappa shape index (κ3) is 5.86. The molecule has 2 rings (SSSR count). The zero-order chi connectivity index (χ0) is 19.6. The van der Waals surface area contributed by atoms with E-state index in [1.165, 1.54) is 4.90 Å². The number of carbonyl (C=O) groups excluding carboxylic acids is 2. The molecule has 6 nitrogen and oxygen atoms in total. The quantitative estimate of drug-likeness (QED) is 0.779. The molecule has 0 fully saturated rings. The minimum Gasteiger partial charge on any atom is -0.484 e. The molecule has 0 saturated carbocycles. The minimum absolute atomic E-state index is 0.0319. The van der Waals surface area contributed by atoms with Crippen LogP contribution in [0.3, 0.4) is 0 Å². The predicted molar refractivity (Wildman–Crippen MR) is 103 cm³/mol. The van der Waals surface area contributed by atoms with Gasteiger partial charge in [-0.2, -0.15) is 5.26 Å². The molecule has 1 N–H and O–H groups in total. The van der Waals surface area contributed by atoms with Crippen LogP contribution in [0.1, 0.15) is 19.4 Å². The van der Waals surface area contributed by atoms with Gasteiger partial charge in [0, 0.05) is 13.1 Å². The molecule has 27 heavy (non-hydrogen) atoms. The molecule has 0 spiro atoms. The Morgan fingerprint density at radius 2 is 1.63 bits per heavy atom. The van der Waals surface area contributed by atoms with Crippen LogP contribution in [0.4, 0.5) is 0 Å². The second-order valence-corrected chi connectivity index (χ2v) is 5.86. The highest BCUT2D eigenvalue weighted by Gasteiger charge is 2.15. The number of nitrogens with zero attached hydrogens (tertiary/aromatic N) is 2. The molecule has 2 aromatic rings. The largest absolute Gasteiger partial charge is 0.484 e. The minimum atomic E-state index is -0.236. The maximum Gasteiger partial charge on any atom is 0.260 e. The molecule has 0 radical (unpaired) electrons. The third-order valence-electron chi connectivity index (χ3n) is 4.01. The highest BCUT2D eigenvalue weighted by atomic mass is 16.5. The van der Waals surface area contributed by atoms with E-state index in [2.05, 4.69) is 11.4 Å². The lowest BCUT2D eigenvalue weighted by molar-refractivity contribution is -0.137. The van der Waals surface area contributed by atoms with Crippen molar-refractivity contribution in [1.29, 1.82) is 5.26 Å². The molecule has 0 saturated heterocycles. The van der Waals surface area contributed by atoms with Crippen molar-refractivity contribution in [2.24, 2.45) is 0 Å². The third-order valence-corrected chi connectivity index (χ3v) is 4.01. The summed E-state index contributed by atoms with van der Waals surface area (Å²) >= 11 is 0. The summed E-state index contributed by atoms with van der Waals surface area (Å²) in [4.78, 5) is 25.3. The van der Waals surface area contributed by atoms with E-state index in [-0.39, 0.29) is 25.0 Å². The highest BCUT2D eigenvalue weighted by molar-refractivity contribution is 5.85. The van der Waals surface area contributed by atoms with Gasteiger partial charge in [-0.15, -0.1) is 0 Å². The number of nitriles is 1. The van der Waals surface area contributed by atoms with Gasteiger partial charge in [0.25, 0.3) is 5.91 Å². The summed E-state index contributed by atoms with van der Waals surface area (Å²) in [5.74, 6) is 0.161. The van der Waals surface area contributed by atoms with E-state index in [9.17, 15) is 9.59 Å². The molecule has 0 aromatic heterocycles. The van der Waals surface area contributed by atoms with Gasteiger partial charge in [-0.05, 0) is 49.2 Å². The number of rotatable bonds is 8. The average molecular weight is 365 g/mol. The van der Waals surface area contributed by atoms with Crippen LogP contribution in [0.5, 0.6) is 5.75 Å². The van der Waals surface area contributed by atoms with Gasteiger partial charge in [0.2, 0.25) is 5.91 Å². The molecule has 0 heterocycles. The van der Waals surface area contributed by atoms with Gasteiger partial charge in [-0.1, -0.05) is 24.3 Å². The SMILES string of the molecule is CCNC(=O)CN(CC)C(=O)COc1ccc(-c2ccc(C#N)cc2)cc1. The van der Waals surface area contributed by atoms with Gasteiger partial charge in [0.1, 0.15) is 5.75 Å². The van der Waals surface area contributed by atoms with E-state index in [1.54, 1.807) is 24.3 Å². The van der Waals surface area contributed by atoms with Crippen molar-refractivity contribution in [1.82, 2.24) is 10.2 Å². The first-order valence-corrected chi connectivity index (χ1v) is 8.85. The van der Waals surface area contributed by atoms with Gasteiger partial charge in [0.05, 0.1) is 18.2 Å². The summed E-state index contributed by atoms with van der Waals surface area (Å²) in [7, 11) is 0. The summed E-state index contributed by atoms with van der Waals surface area (Å²) in [6.45, 7) is 4.54. The normalized spacial score (nSPS) is 9.96. The summed E-state index contributed by atoms with van der Waals surface area (Å²) in [6, 6.07) is 16.8. The average Bonchev–Trinajstić information content (AvgIpc) is 2.71. The van der Waals surface area contributed by atoms with Crippen molar-refractivity contribution in [3.63, 3.8) is 0 Å². The summed E-state index contributed by atoms with van der Waals surface area (Å²) in [5.41, 5.74) is 2.60. The summed E-state index contributed by atoms with van der Waals surface area (Å²) in [6.07, 6.45) is 0. The Hall–Kier alpha value is -3.33. The predicted octanol–water partition coefficient (Wildman–Crippen LogP) is 2.59. The van der Waals surface area contributed by atoms with E-state index in [4.69, 9.17) is 10.00 Å². The van der Waals surface area contributed by atoms with E-state index >= 15 is 0 Å². The molecule has 6 heteroatoms. The fourth-order valence-electron chi connectivity index (χ4n) is 2.52. The Balaban J connectivity index is 1.92. The lowest BCUT2D eigenvalue weighted by Crippen LogP contribution is -2.42. The second-order valence-electron chi connectivity index (χ2n) is 5.86. The van der Waals surface area contributed by atoms with Crippen LogP contribution >= 0.6 is 0 Å². The summed E-state index contributed by atoms with van der Waals surface area (Å²) in [5, 5.41) is 11.5. The topological polar surface area (TPSA) is 82.4 Å². The summed E-state index contributed by atoms with van der Waals surface area (Å²) < 4.78 is 5.55. The van der Waals surface area contributed by atoms with Crippen LogP contribution in [-0.4, -0.2) is 43.0 Å². The van der Waals surface area contributed by atoms with Gasteiger partial charge in [0.15, 0.2) is 6.61 Å². The molecule has 0 atom stereocenters. The number of hydrogen-bond donors (Lipinski definition) is 1. The first kappa shape index (κ1) is 20.0. The molecule has 0 unspecified atom stereocenters. The fraction of sp³-hybridized carbons (Fsp3) is 0.286. The Labute approximate surface area is 159 Å². The van der Waals surface area contributed by atoms with Gasteiger partial charge >= 0.3 is 0 Å². The van der Waals surface area contributed by atoms with Crippen molar-refractivity contribution in [2.75, 3.05) is 26.2 Å². The van der Waals surface area contributed by atoms with Crippen molar-refractivity contribution in [2.45, 2.75) is 13.8 Å². The number of ether oxygens (including phenoxy) is 1. The van der Waals surface area contributed by atoms with Crippen LogP contribution in [0.2, 0.25) is 0 Å². The molecule has 0 bridgehead atoms. The molecule has 0 aliphatic heterocycles. The smallest absolute Gasteiger partial charge is 0.260 e. The zero-order valence-corrected chi connectivity index (χ0v) is 15.6. The van der Waals surface area contributed by atoms with E-state index in [0.717, 1.165) is 11.1 Å². The Bertz CT molecular complexity index is 808. The van der Waals surface area contributed by atoms with Crippen LogP contribution < -0.4 is 10.1 Å². The van der Waals surface area contributed by atoms with Gasteiger partial charge < -0.3 is 15.0 Å². The molecule has 140 valence electrons. The van der Waals surface area contributed by atoms with Gasteiger partial charge in [-0.3, -0.25) is 9.59 Å². The fourth-order valence-corrected chi connectivity index (χ4v) is 2.52. The van der Waals surface area contributed by atoms with Crippen LogP contribution in [0, 0.1) is 11.3 Å². The monoisotopic (exact) mass is 365 g/mol. The van der Waals surface area contributed by atoms with E-state index in [0.29, 0.717) is 24.4 Å². The van der Waals surface area contributed by atoms with Crippen LogP contribution in [0.25, 0.3) is 11.1 Å². The lowest BCUT2D eigenvalue weighted by Gasteiger charge is -2.20. The van der Waals surface area contributed by atoms with Crippen molar-refractivity contribution >= 4 is 11.8 Å². The number of benzene rings is 2. The number of likely N-dealkylation sites (N-methyl/N-ethyl adjacent to an activating group) is 2. The lowest BCUT2D eigenvalue weighted by atomic mass is 10.0. The Morgan fingerprint density at radius 1 is 1.04 bits per heavy atom. The highest BCUT2D eigenvalue weighted by Crippen LogP contribution is 2.22. The van der Waals surface area contributed by atoms with Crippen molar-refractivity contribution in [3.05, 3.63) is 54.1 Å². The van der Waals surface area contributed by atoms with Crippen LogP contribution in [0.15, 0.2) is 48.5 Å². The standard InChI is InChI=1S/C21H23N3O3/c1-3-23-20(25)14-24(4-2)21(26)15-27-19-11-9-18(10-12-19)17-7-5-16(13-22)6-8-17/h5-12H,3-4,14-15H2,1-2H3,(H,23,25). The maximum atomic E-state index is 12.2. The Morgan fingerprint density at radius 3 is 2.15 bits per heavy atom. The number of carbonyl (C=O) groups is 2. The zero-order valence-electron chi connectivity index (χ0n) is 15.6. The van der Waals surface area contributed by atoms with Gasteiger partial charge in [-0.25, -0.2) is 0 Å². The molecular weight excluding hydrogens is 342 g/mol. The maximum absolute atomic E-state index is 12.2. The molecule has 2 amide bonds. The van der Waals surface area contributed by atoms with E-state index in [1.807, 2.05) is 38.1 Å². The number of hydrogen-bond acceptors (Lipinski definition) is 4. The molecule has 2 aromatic carbocycles. The molecular formula is C21H23N3O3. The number of amides is 2. The molecule has 0 aliphatic rings. The van der Waals surface area contributed by atoms with Crippen molar-refractivity contribution < 1.29 is 14.3 Å². The van der Waals surface area contributed by atoms with Crippen LogP contribution in [-0.2, 0) is 9.59 Å². The first-order chi connectivity index (χ1) is 13.1. The van der Waals surface area contributed by atoms with Crippen molar-refractivity contribution in [3.8, 4) is 22.9 Å². The number of nitrogens with one attached hydrogen (secondary N) is 1. The molecule has 0 aliphatic carbocycles. The first-order valence-electron chi connectivity index (χ1n) is 8.85. The van der Waals surface area contributed by atoms with E-state index < -0.39 is 0 Å². The Kier molecular flexibility index (Phi) is 7.38. The second kappa shape index (κ2) is 9.97.